The third-order valence-electron chi connectivity index (χ3n) is 4.24. The van der Waals surface area contributed by atoms with Gasteiger partial charge in [-0.3, -0.25) is 4.79 Å². The molecule has 196 valence electrons. The molecule has 0 bridgehead atoms. The van der Waals surface area contributed by atoms with Crippen LogP contribution in [0.3, 0.4) is 0 Å². The van der Waals surface area contributed by atoms with Crippen molar-refractivity contribution < 1.29 is 84.5 Å². The minimum Gasteiger partial charge on any atom is -0.507 e. The van der Waals surface area contributed by atoms with Crippen LogP contribution in [0.2, 0.25) is 0 Å². The summed E-state index contributed by atoms with van der Waals surface area (Å²) in [7, 11) is 0. The van der Waals surface area contributed by atoms with E-state index in [1.165, 1.54) is 0 Å². The largest absolute Gasteiger partial charge is 0.507 e. The lowest BCUT2D eigenvalue weighted by Gasteiger charge is -2.42. The molecule has 34 heavy (non-hydrogen) atoms. The molecule has 0 saturated carbocycles. The Hall–Kier alpha value is -2.50. The Morgan fingerprint density at radius 3 is 1.26 bits per heavy atom. The van der Waals surface area contributed by atoms with E-state index in [-0.39, 0.29) is 6.07 Å². The van der Waals surface area contributed by atoms with Crippen LogP contribution in [0.25, 0.3) is 0 Å². The molecule has 1 rings (SSSR count). The number of alkyl halides is 17. The van der Waals surface area contributed by atoms with Crippen molar-refractivity contribution in [2.24, 2.45) is 0 Å². The Balaban J connectivity index is 3.76. The second-order valence-electron chi connectivity index (χ2n) is 6.41. The number of phenolic OH excluding ortho intramolecular Hbond substituents is 1. The van der Waals surface area contributed by atoms with Gasteiger partial charge in [0, 0.05) is 5.56 Å². The van der Waals surface area contributed by atoms with E-state index < -0.39 is 82.9 Å². The first-order chi connectivity index (χ1) is 14.7. The number of aromatic hydroxyl groups is 1. The molecule has 1 aromatic carbocycles. The van der Waals surface area contributed by atoms with Crippen LogP contribution in [0.4, 0.5) is 74.6 Å². The fraction of sp³-hybridized carbons (Fsp3) is 0.533. The first kappa shape index (κ1) is 29.5. The number of hydrogen-bond donors (Lipinski definition) is 1. The first-order valence-corrected chi connectivity index (χ1v) is 7.70. The SMILES string of the molecule is O=Cc1cc(C(F)(F)C(F)(F)C(F)(F)C(F)(F)C(F)(F)C(F)(F)C(F)(F)C(F)(F)F)ccc1O. The summed E-state index contributed by atoms with van der Waals surface area (Å²) in [6.07, 6.45) is -8.40. The third-order valence-corrected chi connectivity index (χ3v) is 4.24. The van der Waals surface area contributed by atoms with Gasteiger partial charge in [-0.2, -0.15) is 74.6 Å². The maximum Gasteiger partial charge on any atom is 0.460 e. The monoisotopic (exact) mass is 540 g/mol. The van der Waals surface area contributed by atoms with Crippen LogP contribution in [-0.4, -0.2) is 53.1 Å². The minimum atomic E-state index is -8.72. The van der Waals surface area contributed by atoms with Gasteiger partial charge >= 0.3 is 47.6 Å². The maximum absolute atomic E-state index is 14.0. The third kappa shape index (κ3) is 3.61. The molecule has 0 atom stereocenters. The predicted molar refractivity (Wildman–Crippen MR) is 73.1 cm³/mol. The molecule has 1 N–H and O–H groups in total. The van der Waals surface area contributed by atoms with E-state index in [9.17, 15) is 79.4 Å². The van der Waals surface area contributed by atoms with E-state index in [1.54, 1.807) is 0 Å². The lowest BCUT2D eigenvalue weighted by Crippen LogP contribution is -2.74. The van der Waals surface area contributed by atoms with E-state index in [4.69, 9.17) is 5.11 Å². The quantitative estimate of drug-likeness (QED) is 0.296. The molecule has 0 radical (unpaired) electrons. The van der Waals surface area contributed by atoms with Gasteiger partial charge in [-0.15, -0.1) is 0 Å². The van der Waals surface area contributed by atoms with Crippen LogP contribution in [0.5, 0.6) is 5.75 Å². The van der Waals surface area contributed by atoms with Gasteiger partial charge in [-0.1, -0.05) is 0 Å². The van der Waals surface area contributed by atoms with Gasteiger partial charge in [-0.05, 0) is 18.2 Å². The molecule has 0 heterocycles. The van der Waals surface area contributed by atoms with Crippen molar-refractivity contribution in [3.63, 3.8) is 0 Å². The Labute approximate surface area is 174 Å². The molecule has 0 amide bonds. The molecule has 0 spiro atoms. The molecule has 0 aliphatic rings. The number of benzene rings is 1. The molecule has 2 nitrogen and oxygen atoms in total. The molecular weight excluding hydrogens is 535 g/mol. The lowest BCUT2D eigenvalue weighted by atomic mass is 9.87. The summed E-state index contributed by atoms with van der Waals surface area (Å²) >= 11 is 0. The maximum atomic E-state index is 14.0. The standard InChI is InChI=1S/C15H5F17O2/c16-8(17,6-1-2-7(34)5(3-6)4-33)9(18,19)10(20,21)11(22,23)12(24,25)13(26,27)14(28,29)15(30,31)32/h1-4,34H. The Morgan fingerprint density at radius 2 is 0.912 bits per heavy atom. The Kier molecular flexibility index (Phi) is 6.74. The molecule has 0 saturated heterocycles. The van der Waals surface area contributed by atoms with Gasteiger partial charge in [0.05, 0.1) is 5.56 Å². The zero-order valence-electron chi connectivity index (χ0n) is 15.1. The van der Waals surface area contributed by atoms with Gasteiger partial charge in [0.15, 0.2) is 6.29 Å². The van der Waals surface area contributed by atoms with Crippen molar-refractivity contribution in [3.05, 3.63) is 29.3 Å². The fourth-order valence-electron chi connectivity index (χ4n) is 2.19. The van der Waals surface area contributed by atoms with Crippen molar-refractivity contribution in [2.45, 2.75) is 47.6 Å². The fourth-order valence-corrected chi connectivity index (χ4v) is 2.19. The van der Waals surface area contributed by atoms with Crippen LogP contribution in [-0.2, 0) is 5.92 Å². The van der Waals surface area contributed by atoms with Crippen molar-refractivity contribution in [2.75, 3.05) is 0 Å². The summed E-state index contributed by atoms with van der Waals surface area (Å²) < 4.78 is 224. The summed E-state index contributed by atoms with van der Waals surface area (Å²) in [5.41, 5.74) is -3.96. The first-order valence-electron chi connectivity index (χ1n) is 7.70. The van der Waals surface area contributed by atoms with Crippen LogP contribution in [0.15, 0.2) is 18.2 Å². The molecule has 0 aliphatic carbocycles. The van der Waals surface area contributed by atoms with Crippen LogP contribution in [0.1, 0.15) is 15.9 Å². The lowest BCUT2D eigenvalue weighted by molar-refractivity contribution is -0.462. The highest BCUT2D eigenvalue weighted by Gasteiger charge is 2.95. The zero-order chi connectivity index (χ0) is 27.6. The second kappa shape index (κ2) is 7.76. The zero-order valence-corrected chi connectivity index (χ0v) is 15.1. The highest BCUT2D eigenvalue weighted by molar-refractivity contribution is 5.79. The normalized spacial score (nSPS) is 15.4. The van der Waals surface area contributed by atoms with Crippen LogP contribution < -0.4 is 0 Å². The summed E-state index contributed by atoms with van der Waals surface area (Å²) in [5.74, 6) is -58.7. The van der Waals surface area contributed by atoms with Gasteiger partial charge in [-0.25, -0.2) is 0 Å². The average molecular weight is 540 g/mol. The van der Waals surface area contributed by atoms with E-state index in [1.807, 2.05) is 0 Å². The van der Waals surface area contributed by atoms with E-state index >= 15 is 0 Å². The predicted octanol–water partition coefficient (Wildman–Crippen LogP) is 6.67. The molecular formula is C15H5F17O2. The second-order valence-corrected chi connectivity index (χ2v) is 6.41. The number of rotatable bonds is 8. The van der Waals surface area contributed by atoms with Crippen LogP contribution >= 0.6 is 0 Å². The number of phenols is 1. The van der Waals surface area contributed by atoms with Crippen molar-refractivity contribution >= 4 is 6.29 Å². The molecule has 1 aromatic rings. The van der Waals surface area contributed by atoms with Crippen molar-refractivity contribution in [1.29, 1.82) is 0 Å². The van der Waals surface area contributed by atoms with Gasteiger partial charge in [0.1, 0.15) is 5.75 Å². The molecule has 0 aromatic heterocycles. The van der Waals surface area contributed by atoms with Gasteiger partial charge < -0.3 is 5.11 Å². The molecule has 0 unspecified atom stereocenters. The van der Waals surface area contributed by atoms with E-state index in [2.05, 4.69) is 0 Å². The van der Waals surface area contributed by atoms with Crippen molar-refractivity contribution in [1.82, 2.24) is 0 Å². The van der Waals surface area contributed by atoms with Crippen LogP contribution in [0, 0.1) is 0 Å². The van der Waals surface area contributed by atoms with Gasteiger partial charge in [0.25, 0.3) is 0 Å². The molecule has 0 fully saturated rings. The summed E-state index contributed by atoms with van der Waals surface area (Å²) in [4.78, 5) is 10.5. The summed E-state index contributed by atoms with van der Waals surface area (Å²) in [6, 6.07) is -1.06. The number of halogens is 17. The van der Waals surface area contributed by atoms with Crippen molar-refractivity contribution in [3.8, 4) is 5.75 Å². The number of aldehydes is 1. The molecule has 19 heteroatoms. The average Bonchev–Trinajstić information content (AvgIpc) is 2.66. The number of hydrogen-bond acceptors (Lipinski definition) is 2. The smallest absolute Gasteiger partial charge is 0.460 e. The highest BCUT2D eigenvalue weighted by atomic mass is 19.4. The minimum absolute atomic E-state index is 0.0774. The summed E-state index contributed by atoms with van der Waals surface area (Å²) in [6.45, 7) is 0. The Bertz CT molecular complexity index is 931. The molecule has 0 aliphatic heterocycles. The number of carbonyl (C=O) groups excluding carboxylic acids is 1. The number of carbonyl (C=O) groups is 1. The Morgan fingerprint density at radius 1 is 0.559 bits per heavy atom. The van der Waals surface area contributed by atoms with E-state index in [0.29, 0.717) is 0 Å². The summed E-state index contributed by atoms with van der Waals surface area (Å²) in [5, 5.41) is 9.05. The highest BCUT2D eigenvalue weighted by Crippen LogP contribution is 2.65. The van der Waals surface area contributed by atoms with E-state index in [0.717, 1.165) is 0 Å². The topological polar surface area (TPSA) is 37.3 Å². The van der Waals surface area contributed by atoms with Gasteiger partial charge in [0.2, 0.25) is 0 Å².